The summed E-state index contributed by atoms with van der Waals surface area (Å²) < 4.78 is 4.15. The first-order chi connectivity index (χ1) is 7.11. The number of carboxylic acid groups (broad SMARTS) is 1. The van der Waals surface area contributed by atoms with Crippen LogP contribution in [0.3, 0.4) is 0 Å². The van der Waals surface area contributed by atoms with Gasteiger partial charge in [-0.05, 0) is 13.8 Å². The fourth-order valence-corrected chi connectivity index (χ4v) is 2.07. The van der Waals surface area contributed by atoms with Crippen molar-refractivity contribution in [3.05, 3.63) is 0 Å². The Morgan fingerprint density at radius 1 is 1.67 bits per heavy atom. The maximum absolute atomic E-state index is 10.4. The molecule has 5 nitrogen and oxygen atoms in total. The molecule has 1 unspecified atom stereocenters. The smallest absolute Gasteiger partial charge is 0.321 e. The Hall–Kier alpha value is -0.750. The summed E-state index contributed by atoms with van der Waals surface area (Å²) in [6.07, 6.45) is 0. The molecule has 0 saturated carbocycles. The van der Waals surface area contributed by atoms with Gasteiger partial charge in [0, 0.05) is 17.5 Å². The van der Waals surface area contributed by atoms with Gasteiger partial charge in [-0.15, -0.1) is 0 Å². The molecule has 0 bridgehead atoms. The Balaban J connectivity index is 0.000000336. The van der Waals surface area contributed by atoms with Gasteiger partial charge < -0.3 is 15.2 Å². The molecular formula is C9H17NO4S. The third kappa shape index (κ3) is 7.21. The van der Waals surface area contributed by atoms with Gasteiger partial charge in [-0.25, -0.2) is 0 Å². The molecule has 1 saturated heterocycles. The fourth-order valence-electron chi connectivity index (χ4n) is 1.01. The maximum Gasteiger partial charge on any atom is 0.321 e. The van der Waals surface area contributed by atoms with Gasteiger partial charge in [0.1, 0.15) is 6.04 Å². The van der Waals surface area contributed by atoms with Crippen molar-refractivity contribution in [2.24, 2.45) is 0 Å². The van der Waals surface area contributed by atoms with Crippen LogP contribution in [0.1, 0.15) is 13.8 Å². The SMILES string of the molecule is CCOC=O.C[C@H]1CSCC(C(=O)O)N1. The van der Waals surface area contributed by atoms with E-state index in [0.717, 1.165) is 5.75 Å². The highest BCUT2D eigenvalue weighted by molar-refractivity contribution is 7.99. The van der Waals surface area contributed by atoms with Crippen molar-refractivity contribution in [3.8, 4) is 0 Å². The maximum atomic E-state index is 10.4. The summed E-state index contributed by atoms with van der Waals surface area (Å²) in [5.74, 6) is 0.975. The van der Waals surface area contributed by atoms with Crippen LogP contribution in [0.25, 0.3) is 0 Å². The van der Waals surface area contributed by atoms with Gasteiger partial charge in [-0.3, -0.25) is 9.59 Å². The van der Waals surface area contributed by atoms with Gasteiger partial charge >= 0.3 is 5.97 Å². The number of hydrogen-bond acceptors (Lipinski definition) is 5. The van der Waals surface area contributed by atoms with E-state index >= 15 is 0 Å². The Bertz CT molecular complexity index is 201. The first-order valence-electron chi connectivity index (χ1n) is 4.73. The van der Waals surface area contributed by atoms with Crippen molar-refractivity contribution < 1.29 is 19.4 Å². The average molecular weight is 235 g/mol. The summed E-state index contributed by atoms with van der Waals surface area (Å²) in [5.41, 5.74) is 0. The third-order valence-corrected chi connectivity index (χ3v) is 2.98. The number of carboxylic acids is 1. The molecule has 0 aromatic heterocycles. The van der Waals surface area contributed by atoms with Crippen LogP contribution in [0.4, 0.5) is 0 Å². The molecule has 1 heterocycles. The molecule has 0 aliphatic carbocycles. The van der Waals surface area contributed by atoms with Crippen LogP contribution in [-0.4, -0.2) is 47.7 Å². The van der Waals surface area contributed by atoms with Gasteiger partial charge in [0.2, 0.25) is 0 Å². The highest BCUT2D eigenvalue weighted by Crippen LogP contribution is 2.11. The number of rotatable bonds is 3. The van der Waals surface area contributed by atoms with Crippen molar-refractivity contribution in [1.29, 1.82) is 0 Å². The number of thioether (sulfide) groups is 1. The summed E-state index contributed by atoms with van der Waals surface area (Å²) in [6.45, 7) is 4.67. The Morgan fingerprint density at radius 3 is 2.60 bits per heavy atom. The number of carbonyl (C=O) groups excluding carboxylic acids is 1. The Labute approximate surface area is 93.6 Å². The van der Waals surface area contributed by atoms with Crippen LogP contribution in [0.5, 0.6) is 0 Å². The van der Waals surface area contributed by atoms with Crippen LogP contribution >= 0.6 is 11.8 Å². The van der Waals surface area contributed by atoms with Crippen molar-refractivity contribution in [2.75, 3.05) is 18.1 Å². The number of nitrogens with one attached hydrogen (secondary N) is 1. The first-order valence-corrected chi connectivity index (χ1v) is 5.89. The van der Waals surface area contributed by atoms with Gasteiger partial charge in [-0.2, -0.15) is 11.8 Å². The Kier molecular flexibility index (Phi) is 8.12. The summed E-state index contributed by atoms with van der Waals surface area (Å²) in [5, 5.41) is 11.6. The van der Waals surface area contributed by atoms with E-state index in [0.29, 0.717) is 24.9 Å². The lowest BCUT2D eigenvalue weighted by Gasteiger charge is -2.24. The molecule has 0 spiro atoms. The molecule has 88 valence electrons. The number of carbonyl (C=O) groups is 2. The fraction of sp³-hybridized carbons (Fsp3) is 0.778. The van der Waals surface area contributed by atoms with E-state index in [-0.39, 0.29) is 6.04 Å². The van der Waals surface area contributed by atoms with Gasteiger partial charge in [0.15, 0.2) is 0 Å². The zero-order valence-electron chi connectivity index (χ0n) is 8.93. The standard InChI is InChI=1S/C6H11NO2S.C3H6O2/c1-4-2-10-3-5(7-4)6(8)9;1-2-5-3-4/h4-5,7H,2-3H2,1H3,(H,8,9);3H,2H2,1H3/t4-,5?;/m0./s1. The second kappa shape index (κ2) is 8.55. The molecule has 0 aromatic rings. The first kappa shape index (κ1) is 14.2. The minimum Gasteiger partial charge on any atom is -0.480 e. The average Bonchev–Trinajstić information content (AvgIpc) is 2.20. The lowest BCUT2D eigenvalue weighted by atomic mass is 10.3. The van der Waals surface area contributed by atoms with Gasteiger partial charge in [0.05, 0.1) is 6.61 Å². The zero-order valence-corrected chi connectivity index (χ0v) is 9.75. The summed E-state index contributed by atoms with van der Waals surface area (Å²) in [4.78, 5) is 19.6. The van der Waals surface area contributed by atoms with Crippen LogP contribution in [0, 0.1) is 0 Å². The van der Waals surface area contributed by atoms with Crippen molar-refractivity contribution in [2.45, 2.75) is 25.9 Å². The van der Waals surface area contributed by atoms with E-state index in [1.807, 2.05) is 6.92 Å². The van der Waals surface area contributed by atoms with Crippen molar-refractivity contribution >= 4 is 24.2 Å². The Morgan fingerprint density at radius 2 is 2.33 bits per heavy atom. The minimum absolute atomic E-state index is 0.333. The van der Waals surface area contributed by atoms with E-state index in [1.54, 1.807) is 18.7 Å². The monoisotopic (exact) mass is 235 g/mol. The van der Waals surface area contributed by atoms with Crippen molar-refractivity contribution in [3.63, 3.8) is 0 Å². The summed E-state index contributed by atoms with van der Waals surface area (Å²) >= 11 is 1.70. The van der Waals surface area contributed by atoms with Crippen LogP contribution in [0.15, 0.2) is 0 Å². The largest absolute Gasteiger partial charge is 0.480 e. The van der Waals surface area contributed by atoms with E-state index in [4.69, 9.17) is 5.11 Å². The van der Waals surface area contributed by atoms with E-state index < -0.39 is 5.97 Å². The molecule has 2 atom stereocenters. The van der Waals surface area contributed by atoms with Crippen LogP contribution in [0.2, 0.25) is 0 Å². The number of aliphatic carboxylic acids is 1. The van der Waals surface area contributed by atoms with Gasteiger partial charge in [-0.1, -0.05) is 0 Å². The van der Waals surface area contributed by atoms with E-state index in [1.165, 1.54) is 0 Å². The molecule has 2 N–H and O–H groups in total. The van der Waals surface area contributed by atoms with Crippen molar-refractivity contribution in [1.82, 2.24) is 5.32 Å². The normalized spacial score (nSPS) is 24.7. The third-order valence-electron chi connectivity index (χ3n) is 1.67. The lowest BCUT2D eigenvalue weighted by molar-refractivity contribution is -0.139. The molecule has 0 amide bonds. The highest BCUT2D eigenvalue weighted by Gasteiger charge is 2.23. The van der Waals surface area contributed by atoms with Gasteiger partial charge in [0.25, 0.3) is 6.47 Å². The summed E-state index contributed by atoms with van der Waals surface area (Å²) in [6, 6.07) is -0.00593. The van der Waals surface area contributed by atoms with Crippen LogP contribution < -0.4 is 5.32 Å². The second-order valence-corrected chi connectivity index (χ2v) is 4.12. The predicted molar refractivity (Wildman–Crippen MR) is 59.0 cm³/mol. The molecule has 1 aliphatic rings. The number of ether oxygens (including phenoxy) is 1. The second-order valence-electron chi connectivity index (χ2n) is 3.05. The predicted octanol–water partition coefficient (Wildman–Crippen LogP) is 0.344. The number of hydrogen-bond donors (Lipinski definition) is 2. The quantitative estimate of drug-likeness (QED) is 0.687. The highest BCUT2D eigenvalue weighted by atomic mass is 32.2. The molecule has 1 aliphatic heterocycles. The molecule has 6 heteroatoms. The molecule has 1 fully saturated rings. The topological polar surface area (TPSA) is 75.6 Å². The van der Waals surface area contributed by atoms with E-state index in [2.05, 4.69) is 10.1 Å². The van der Waals surface area contributed by atoms with Crippen LogP contribution in [-0.2, 0) is 14.3 Å². The molecule has 15 heavy (non-hydrogen) atoms. The molecular weight excluding hydrogens is 218 g/mol. The molecule has 0 aromatic carbocycles. The molecule has 0 radical (unpaired) electrons. The summed E-state index contributed by atoms with van der Waals surface area (Å²) in [7, 11) is 0. The lowest BCUT2D eigenvalue weighted by Crippen LogP contribution is -2.48. The van der Waals surface area contributed by atoms with E-state index in [9.17, 15) is 9.59 Å². The molecule has 1 rings (SSSR count). The zero-order chi connectivity index (χ0) is 11.7. The minimum atomic E-state index is -0.737.